The van der Waals surface area contributed by atoms with Crippen molar-refractivity contribution < 1.29 is 9.84 Å². The molecule has 1 rings (SSSR count). The van der Waals surface area contributed by atoms with E-state index in [0.717, 1.165) is 0 Å². The Balaban J connectivity index is 2.45. The lowest BCUT2D eigenvalue weighted by molar-refractivity contribution is -0.222. The Kier molecular flexibility index (Phi) is 2.49. The fourth-order valence-electron chi connectivity index (χ4n) is 0.666. The van der Waals surface area contributed by atoms with Gasteiger partial charge in [-0.05, 0) is 18.0 Å². The highest BCUT2D eigenvalue weighted by atomic mass is 16.5. The third-order valence-corrected chi connectivity index (χ3v) is 1.11. The van der Waals surface area contributed by atoms with E-state index in [-0.39, 0.29) is 6.61 Å². The first-order chi connectivity index (χ1) is 5.29. The molecule has 0 atom stereocenters. The quantitative estimate of drug-likeness (QED) is 0.501. The molecule has 1 aromatic carbocycles. The van der Waals surface area contributed by atoms with E-state index in [1.165, 1.54) is 0 Å². The van der Waals surface area contributed by atoms with Gasteiger partial charge in [0.05, 0.1) is 0 Å². The highest BCUT2D eigenvalue weighted by Crippen LogP contribution is 2.07. The summed E-state index contributed by atoms with van der Waals surface area (Å²) in [6.07, 6.45) is 0. The van der Waals surface area contributed by atoms with Crippen molar-refractivity contribution >= 4 is 5.90 Å². The maximum absolute atomic E-state index is 10.2. The Morgan fingerprint density at radius 3 is 2.55 bits per heavy atom. The van der Waals surface area contributed by atoms with Crippen molar-refractivity contribution in [1.29, 1.82) is 5.41 Å². The minimum absolute atomic E-state index is 0.177. The summed E-state index contributed by atoms with van der Waals surface area (Å²) >= 11 is 0. The molecular weight excluding hydrogens is 142 g/mol. The maximum atomic E-state index is 10.2. The first-order valence-electron chi connectivity index (χ1n) is 3.21. The number of ether oxygens (including phenoxy) is 1. The number of rotatable bonds is 3. The third-order valence-electron chi connectivity index (χ3n) is 1.11. The van der Waals surface area contributed by atoms with Crippen LogP contribution < -0.4 is 9.84 Å². The van der Waals surface area contributed by atoms with Gasteiger partial charge in [-0.2, -0.15) is 0 Å². The Bertz CT molecular complexity index is 233. The van der Waals surface area contributed by atoms with Crippen LogP contribution in [-0.4, -0.2) is 12.5 Å². The monoisotopic (exact) mass is 150 g/mol. The molecular formula is C8H8NO2-. The minimum Gasteiger partial charge on any atom is -0.860 e. The standard InChI is InChI=1S/C8H9NO2/c9-8(10)6-11-7-4-2-1-3-5-7/h1-5H,6H2,(H2,9,10)/p-1. The van der Waals surface area contributed by atoms with Gasteiger partial charge in [0.15, 0.2) is 0 Å². The number of benzene rings is 1. The minimum atomic E-state index is -0.714. The third kappa shape index (κ3) is 2.71. The van der Waals surface area contributed by atoms with Gasteiger partial charge in [0, 0.05) is 0 Å². The van der Waals surface area contributed by atoms with Crippen LogP contribution in [0.25, 0.3) is 0 Å². The van der Waals surface area contributed by atoms with Crippen LogP contribution in [0.1, 0.15) is 0 Å². The second-order valence-corrected chi connectivity index (χ2v) is 2.02. The van der Waals surface area contributed by atoms with E-state index in [9.17, 15) is 5.11 Å². The second kappa shape index (κ2) is 3.61. The predicted molar refractivity (Wildman–Crippen MR) is 39.7 cm³/mol. The molecule has 0 saturated carbocycles. The van der Waals surface area contributed by atoms with E-state index in [4.69, 9.17) is 10.1 Å². The molecule has 0 fully saturated rings. The molecule has 0 aliphatic heterocycles. The zero-order valence-corrected chi connectivity index (χ0v) is 5.91. The topological polar surface area (TPSA) is 56.1 Å². The van der Waals surface area contributed by atoms with E-state index in [2.05, 4.69) is 0 Å². The fourth-order valence-corrected chi connectivity index (χ4v) is 0.666. The van der Waals surface area contributed by atoms with Crippen molar-refractivity contribution in [2.45, 2.75) is 0 Å². The summed E-state index contributed by atoms with van der Waals surface area (Å²) < 4.78 is 4.93. The summed E-state index contributed by atoms with van der Waals surface area (Å²) in [5.74, 6) is -0.0954. The predicted octanol–water partition coefficient (Wildman–Crippen LogP) is 0.403. The number of nitrogens with one attached hydrogen (secondary N) is 1. The van der Waals surface area contributed by atoms with Crippen LogP contribution in [0.2, 0.25) is 0 Å². The van der Waals surface area contributed by atoms with Crippen molar-refractivity contribution in [1.82, 2.24) is 0 Å². The molecule has 0 aliphatic carbocycles. The van der Waals surface area contributed by atoms with Gasteiger partial charge in [-0.1, -0.05) is 18.2 Å². The van der Waals surface area contributed by atoms with Crippen LogP contribution in [0, 0.1) is 5.41 Å². The molecule has 0 amide bonds. The van der Waals surface area contributed by atoms with E-state index in [1.54, 1.807) is 12.1 Å². The van der Waals surface area contributed by atoms with Gasteiger partial charge >= 0.3 is 0 Å². The Morgan fingerprint density at radius 1 is 1.36 bits per heavy atom. The maximum Gasteiger partial charge on any atom is 0.119 e. The number of para-hydroxylation sites is 1. The van der Waals surface area contributed by atoms with Gasteiger partial charge < -0.3 is 15.3 Å². The summed E-state index contributed by atoms with van der Waals surface area (Å²) in [6.45, 7) is -0.177. The largest absolute Gasteiger partial charge is 0.860 e. The zero-order valence-electron chi connectivity index (χ0n) is 5.91. The highest BCUT2D eigenvalue weighted by Gasteiger charge is 1.87. The van der Waals surface area contributed by atoms with Gasteiger partial charge in [0.2, 0.25) is 0 Å². The van der Waals surface area contributed by atoms with E-state index in [1.807, 2.05) is 18.2 Å². The molecule has 1 N–H and O–H groups in total. The van der Waals surface area contributed by atoms with Gasteiger partial charge in [0.1, 0.15) is 12.4 Å². The summed E-state index contributed by atoms with van der Waals surface area (Å²) in [6, 6.07) is 8.95. The summed E-state index contributed by atoms with van der Waals surface area (Å²) in [5, 5.41) is 16.7. The Morgan fingerprint density at radius 2 is 2.00 bits per heavy atom. The van der Waals surface area contributed by atoms with Gasteiger partial charge in [-0.3, -0.25) is 0 Å². The van der Waals surface area contributed by atoms with Gasteiger partial charge in [-0.15, -0.1) is 0 Å². The van der Waals surface area contributed by atoms with Crippen LogP contribution in [0.5, 0.6) is 5.75 Å². The van der Waals surface area contributed by atoms with Crippen molar-refractivity contribution in [3.63, 3.8) is 0 Å². The van der Waals surface area contributed by atoms with Gasteiger partial charge in [-0.25, -0.2) is 0 Å². The van der Waals surface area contributed by atoms with E-state index >= 15 is 0 Å². The number of hydrogen-bond donors (Lipinski definition) is 1. The molecule has 0 spiro atoms. The van der Waals surface area contributed by atoms with E-state index in [0.29, 0.717) is 5.75 Å². The van der Waals surface area contributed by atoms with Crippen LogP contribution >= 0.6 is 0 Å². The lowest BCUT2D eigenvalue weighted by Gasteiger charge is -2.08. The lowest BCUT2D eigenvalue weighted by atomic mass is 10.3. The van der Waals surface area contributed by atoms with Crippen LogP contribution in [0.15, 0.2) is 30.3 Å². The summed E-state index contributed by atoms with van der Waals surface area (Å²) in [7, 11) is 0. The van der Waals surface area contributed by atoms with Crippen LogP contribution in [0.3, 0.4) is 0 Å². The lowest BCUT2D eigenvalue weighted by Crippen LogP contribution is -2.23. The molecule has 0 radical (unpaired) electrons. The second-order valence-electron chi connectivity index (χ2n) is 2.02. The van der Waals surface area contributed by atoms with Crippen molar-refractivity contribution in [2.24, 2.45) is 0 Å². The molecule has 3 heteroatoms. The summed E-state index contributed by atoms with van der Waals surface area (Å²) in [4.78, 5) is 0. The van der Waals surface area contributed by atoms with E-state index < -0.39 is 5.90 Å². The number of hydrogen-bond acceptors (Lipinski definition) is 3. The average molecular weight is 150 g/mol. The summed E-state index contributed by atoms with van der Waals surface area (Å²) in [5.41, 5.74) is 0. The molecule has 58 valence electrons. The highest BCUT2D eigenvalue weighted by molar-refractivity contribution is 5.69. The van der Waals surface area contributed by atoms with Crippen molar-refractivity contribution in [3.8, 4) is 5.75 Å². The molecule has 1 aromatic rings. The van der Waals surface area contributed by atoms with Crippen molar-refractivity contribution in [3.05, 3.63) is 30.3 Å². The molecule has 0 unspecified atom stereocenters. The molecule has 0 aromatic heterocycles. The molecule has 0 heterocycles. The fraction of sp³-hybridized carbons (Fsp3) is 0.125. The first-order valence-corrected chi connectivity index (χ1v) is 3.21. The van der Waals surface area contributed by atoms with Crippen LogP contribution in [0.4, 0.5) is 0 Å². The molecule has 0 bridgehead atoms. The van der Waals surface area contributed by atoms with Crippen LogP contribution in [-0.2, 0) is 0 Å². The molecule has 0 aliphatic rings. The average Bonchev–Trinajstić information content (AvgIpc) is 2.03. The molecule has 11 heavy (non-hydrogen) atoms. The Labute approximate surface area is 64.8 Å². The molecule has 3 nitrogen and oxygen atoms in total. The first kappa shape index (κ1) is 7.60. The SMILES string of the molecule is N=C([O-])COc1ccccc1. The Hall–Kier alpha value is -1.51. The zero-order chi connectivity index (χ0) is 8.10. The normalized spacial score (nSPS) is 9.09. The van der Waals surface area contributed by atoms with Crippen molar-refractivity contribution in [2.75, 3.05) is 6.61 Å². The van der Waals surface area contributed by atoms with Gasteiger partial charge in [0.25, 0.3) is 0 Å². The molecule has 0 saturated heterocycles. The smallest absolute Gasteiger partial charge is 0.119 e.